The van der Waals surface area contributed by atoms with Gasteiger partial charge in [-0.05, 0) is 56.6 Å². The van der Waals surface area contributed by atoms with E-state index in [0.29, 0.717) is 16.6 Å². The molecule has 0 radical (unpaired) electrons. The zero-order chi connectivity index (χ0) is 24.0. The van der Waals surface area contributed by atoms with Crippen molar-refractivity contribution in [2.24, 2.45) is 0 Å². The highest BCUT2D eigenvalue weighted by atomic mass is 32.2. The number of hydrogen-bond donors (Lipinski definition) is 0. The van der Waals surface area contributed by atoms with Crippen molar-refractivity contribution in [2.45, 2.75) is 45.4 Å². The summed E-state index contributed by atoms with van der Waals surface area (Å²) in [6, 6.07) is 12.5. The maximum absolute atomic E-state index is 13.3. The number of carbonyl (C=O) groups excluding carboxylic acids is 1. The van der Waals surface area contributed by atoms with Gasteiger partial charge in [0.1, 0.15) is 0 Å². The zero-order valence-electron chi connectivity index (χ0n) is 19.9. The summed E-state index contributed by atoms with van der Waals surface area (Å²) in [6.07, 6.45) is 0.443. The van der Waals surface area contributed by atoms with Crippen LogP contribution in [0.3, 0.4) is 0 Å². The molecule has 0 saturated heterocycles. The maximum atomic E-state index is 13.3. The smallest absolute Gasteiger partial charge is 0.228 e. The number of rotatable bonds is 11. The van der Waals surface area contributed by atoms with E-state index in [9.17, 15) is 13.2 Å². The largest absolute Gasteiger partial charge is 0.302 e. The van der Waals surface area contributed by atoms with Gasteiger partial charge in [0, 0.05) is 19.5 Å². The van der Waals surface area contributed by atoms with Crippen LogP contribution in [0.2, 0.25) is 0 Å². The third kappa shape index (κ3) is 6.19. The molecule has 0 N–H and O–H groups in total. The molecule has 2 aromatic carbocycles. The van der Waals surface area contributed by atoms with E-state index in [4.69, 9.17) is 4.98 Å². The lowest BCUT2D eigenvalue weighted by atomic mass is 10.1. The molecule has 0 bridgehead atoms. The van der Waals surface area contributed by atoms with Crippen molar-refractivity contribution < 1.29 is 13.2 Å². The first-order chi connectivity index (χ1) is 15.8. The highest BCUT2D eigenvalue weighted by molar-refractivity contribution is 7.91. The Kier molecular flexibility index (Phi) is 8.62. The van der Waals surface area contributed by atoms with Gasteiger partial charge in [-0.25, -0.2) is 13.4 Å². The quantitative estimate of drug-likeness (QED) is 0.387. The number of fused-ring (bicyclic) bond motifs is 1. The minimum atomic E-state index is -3.40. The van der Waals surface area contributed by atoms with Crippen LogP contribution < -0.4 is 4.90 Å². The molecule has 0 atom stereocenters. The van der Waals surface area contributed by atoms with Gasteiger partial charge in [0.25, 0.3) is 0 Å². The van der Waals surface area contributed by atoms with Crippen LogP contribution in [0.15, 0.2) is 47.4 Å². The lowest BCUT2D eigenvalue weighted by Gasteiger charge is -2.24. The summed E-state index contributed by atoms with van der Waals surface area (Å²) in [5.74, 6) is -0.134. The number of aromatic nitrogens is 1. The molecule has 6 nitrogen and oxygen atoms in total. The second-order valence-corrected chi connectivity index (χ2v) is 11.3. The fourth-order valence-corrected chi connectivity index (χ4v) is 6.25. The summed E-state index contributed by atoms with van der Waals surface area (Å²) < 4.78 is 26.3. The molecule has 0 aliphatic carbocycles. The van der Waals surface area contributed by atoms with Crippen LogP contribution in [0, 0.1) is 13.8 Å². The standard InChI is InChI=1S/C25H33N3O3S2/c1-5-27(6-2)16-17-28(25-26-23-19(3)14-15-20(4)24(23)32-25)22(29)13-10-18-33(30,31)21-11-8-7-9-12-21/h7-9,11-12,14-15H,5-6,10,13,16-18H2,1-4H3. The molecule has 0 unspecified atom stereocenters. The predicted octanol–water partition coefficient (Wildman–Crippen LogP) is 4.84. The predicted molar refractivity (Wildman–Crippen MR) is 137 cm³/mol. The van der Waals surface area contributed by atoms with Gasteiger partial charge < -0.3 is 4.90 Å². The van der Waals surface area contributed by atoms with Crippen molar-refractivity contribution in [2.75, 3.05) is 36.8 Å². The zero-order valence-corrected chi connectivity index (χ0v) is 21.5. The first-order valence-corrected chi connectivity index (χ1v) is 13.9. The highest BCUT2D eigenvalue weighted by Crippen LogP contribution is 2.33. The first kappa shape index (κ1) is 25.3. The molecule has 1 aromatic heterocycles. The molecule has 0 aliphatic heterocycles. The second kappa shape index (κ2) is 11.2. The molecule has 1 heterocycles. The third-order valence-electron chi connectivity index (χ3n) is 5.90. The molecule has 178 valence electrons. The Balaban J connectivity index is 1.78. The average molecular weight is 488 g/mol. The van der Waals surface area contributed by atoms with E-state index in [0.717, 1.165) is 41.0 Å². The third-order valence-corrected chi connectivity index (χ3v) is 8.93. The maximum Gasteiger partial charge on any atom is 0.228 e. The number of anilines is 1. The van der Waals surface area contributed by atoms with E-state index in [-0.39, 0.29) is 24.5 Å². The Hall–Kier alpha value is -2.29. The van der Waals surface area contributed by atoms with Crippen LogP contribution in [-0.4, -0.2) is 56.1 Å². The van der Waals surface area contributed by atoms with E-state index in [2.05, 4.69) is 37.8 Å². The van der Waals surface area contributed by atoms with Gasteiger partial charge in [-0.15, -0.1) is 0 Å². The minimum absolute atomic E-state index is 0.0509. The van der Waals surface area contributed by atoms with Crippen LogP contribution in [-0.2, 0) is 14.6 Å². The molecule has 1 amide bonds. The Bertz CT molecular complexity index is 1150. The van der Waals surface area contributed by atoms with Gasteiger partial charge in [0.2, 0.25) is 5.91 Å². The van der Waals surface area contributed by atoms with E-state index >= 15 is 0 Å². The van der Waals surface area contributed by atoms with E-state index in [1.807, 2.05) is 6.92 Å². The van der Waals surface area contributed by atoms with Gasteiger partial charge in [-0.3, -0.25) is 9.69 Å². The van der Waals surface area contributed by atoms with Crippen molar-refractivity contribution in [3.05, 3.63) is 53.6 Å². The minimum Gasteiger partial charge on any atom is -0.302 e. The lowest BCUT2D eigenvalue weighted by molar-refractivity contribution is -0.118. The second-order valence-electron chi connectivity index (χ2n) is 8.18. The normalized spacial score (nSPS) is 11.9. The highest BCUT2D eigenvalue weighted by Gasteiger charge is 2.22. The summed E-state index contributed by atoms with van der Waals surface area (Å²) in [5, 5.41) is 0.686. The Morgan fingerprint density at radius 1 is 0.970 bits per heavy atom. The van der Waals surface area contributed by atoms with Crippen LogP contribution in [0.1, 0.15) is 37.8 Å². The van der Waals surface area contributed by atoms with Crippen molar-refractivity contribution in [3.63, 3.8) is 0 Å². The molecular weight excluding hydrogens is 454 g/mol. The molecule has 8 heteroatoms. The Morgan fingerprint density at radius 2 is 1.64 bits per heavy atom. The summed E-state index contributed by atoms with van der Waals surface area (Å²) in [7, 11) is -3.40. The average Bonchev–Trinajstić information content (AvgIpc) is 3.26. The SMILES string of the molecule is CCN(CC)CCN(C(=O)CCCS(=O)(=O)c1ccccc1)c1nc2c(C)ccc(C)c2s1. The topological polar surface area (TPSA) is 70.6 Å². The summed E-state index contributed by atoms with van der Waals surface area (Å²) in [6.45, 7) is 11.4. The van der Waals surface area contributed by atoms with E-state index < -0.39 is 9.84 Å². The van der Waals surface area contributed by atoms with Gasteiger partial charge in [0.05, 0.1) is 20.9 Å². The van der Waals surface area contributed by atoms with Crippen LogP contribution >= 0.6 is 11.3 Å². The molecular formula is C25H33N3O3S2. The molecule has 3 rings (SSSR count). The number of thiazole rings is 1. The first-order valence-electron chi connectivity index (χ1n) is 11.4. The lowest BCUT2D eigenvalue weighted by Crippen LogP contribution is -2.38. The monoisotopic (exact) mass is 487 g/mol. The molecule has 0 fully saturated rings. The Morgan fingerprint density at radius 3 is 2.27 bits per heavy atom. The van der Waals surface area contributed by atoms with Gasteiger partial charge in [-0.2, -0.15) is 0 Å². The molecule has 0 aliphatic rings. The number of carbonyl (C=O) groups is 1. The van der Waals surface area contributed by atoms with Crippen molar-refractivity contribution in [1.29, 1.82) is 0 Å². The van der Waals surface area contributed by atoms with E-state index in [1.54, 1.807) is 35.2 Å². The van der Waals surface area contributed by atoms with Crippen LogP contribution in [0.25, 0.3) is 10.2 Å². The number of likely N-dealkylation sites (N-methyl/N-ethyl adjacent to an activating group) is 1. The van der Waals surface area contributed by atoms with Gasteiger partial charge >= 0.3 is 0 Å². The Labute approximate surface area is 201 Å². The molecule has 0 saturated carbocycles. The van der Waals surface area contributed by atoms with Crippen molar-refractivity contribution >= 4 is 42.4 Å². The summed E-state index contributed by atoms with van der Waals surface area (Å²) in [4.78, 5) is 22.4. The molecule has 3 aromatic rings. The number of aryl methyl sites for hydroxylation is 2. The van der Waals surface area contributed by atoms with E-state index in [1.165, 1.54) is 11.3 Å². The number of amides is 1. The van der Waals surface area contributed by atoms with Crippen LogP contribution in [0.5, 0.6) is 0 Å². The van der Waals surface area contributed by atoms with Crippen LogP contribution in [0.4, 0.5) is 5.13 Å². The number of nitrogens with zero attached hydrogens (tertiary/aromatic N) is 3. The fourth-order valence-electron chi connectivity index (χ4n) is 3.77. The van der Waals surface area contributed by atoms with Gasteiger partial charge in [-0.1, -0.05) is 55.5 Å². The van der Waals surface area contributed by atoms with Crippen molar-refractivity contribution in [3.8, 4) is 0 Å². The number of benzene rings is 2. The van der Waals surface area contributed by atoms with Gasteiger partial charge in [0.15, 0.2) is 15.0 Å². The van der Waals surface area contributed by atoms with Crippen molar-refractivity contribution in [1.82, 2.24) is 9.88 Å². The summed E-state index contributed by atoms with van der Waals surface area (Å²) >= 11 is 1.53. The summed E-state index contributed by atoms with van der Waals surface area (Å²) in [5.41, 5.74) is 3.16. The number of hydrogen-bond acceptors (Lipinski definition) is 6. The fraction of sp³-hybridized carbons (Fsp3) is 0.440. The molecule has 0 spiro atoms. The number of sulfone groups is 1. The molecule has 33 heavy (non-hydrogen) atoms.